The first-order valence-electron chi connectivity index (χ1n) is 9.20. The van der Waals surface area contributed by atoms with Crippen LogP contribution < -0.4 is 19.9 Å². The molecule has 0 atom stereocenters. The van der Waals surface area contributed by atoms with E-state index in [-0.39, 0.29) is 16.6 Å². The molecular weight excluding hydrogens is 428 g/mol. The van der Waals surface area contributed by atoms with E-state index in [4.69, 9.17) is 14.6 Å². The summed E-state index contributed by atoms with van der Waals surface area (Å²) in [6.07, 6.45) is 0. The summed E-state index contributed by atoms with van der Waals surface area (Å²) in [4.78, 5) is 16.9. The molecule has 11 heteroatoms. The summed E-state index contributed by atoms with van der Waals surface area (Å²) in [5, 5.41) is 8.66. The van der Waals surface area contributed by atoms with Crippen molar-refractivity contribution in [2.24, 2.45) is 5.14 Å². The Morgan fingerprint density at radius 1 is 1.20 bits per heavy atom. The van der Waals surface area contributed by atoms with Crippen molar-refractivity contribution in [1.82, 2.24) is 9.55 Å². The first-order chi connectivity index (χ1) is 14.3. The topological polar surface area (TPSA) is 126 Å². The molecule has 1 aliphatic heterocycles. The lowest BCUT2D eigenvalue weighted by molar-refractivity contribution is -0.113. The fourth-order valence-corrected chi connectivity index (χ4v) is 4.54. The van der Waals surface area contributed by atoms with Crippen molar-refractivity contribution in [1.29, 1.82) is 0 Å². The van der Waals surface area contributed by atoms with Crippen LogP contribution in [0.3, 0.4) is 0 Å². The monoisotopic (exact) mass is 448 g/mol. The van der Waals surface area contributed by atoms with Gasteiger partial charge in [-0.15, -0.1) is 0 Å². The van der Waals surface area contributed by atoms with Crippen molar-refractivity contribution in [3.8, 4) is 11.5 Å². The molecule has 0 spiro atoms. The molecule has 2 aromatic carbocycles. The standard InChI is InChI=1S/C19H20N4O5S2/c1-2-23-15-5-4-13(30(20,25)26)10-14(15)22-19(23)29-11-18(24)21-12-3-6-16-17(9-12)28-8-7-27-16/h3-6,9-10H,2,7-8,11H2,1H3,(H,21,24)(H2,20,25,26). The van der Waals surface area contributed by atoms with Gasteiger partial charge in [0.15, 0.2) is 16.7 Å². The minimum absolute atomic E-state index is 0.00338. The molecule has 3 N–H and O–H groups in total. The van der Waals surface area contributed by atoms with Crippen molar-refractivity contribution in [2.45, 2.75) is 23.5 Å². The predicted octanol–water partition coefficient (Wildman–Crippen LogP) is 2.21. The third kappa shape index (κ3) is 4.23. The zero-order valence-corrected chi connectivity index (χ0v) is 17.8. The minimum atomic E-state index is -3.81. The summed E-state index contributed by atoms with van der Waals surface area (Å²) < 4.78 is 36.1. The van der Waals surface area contributed by atoms with E-state index >= 15 is 0 Å². The van der Waals surface area contributed by atoms with Crippen LogP contribution in [0.1, 0.15) is 6.92 Å². The third-order valence-corrected chi connectivity index (χ3v) is 6.38. The molecule has 158 valence electrons. The quantitative estimate of drug-likeness (QED) is 0.554. The van der Waals surface area contributed by atoms with Crippen molar-refractivity contribution in [3.05, 3.63) is 36.4 Å². The Morgan fingerprint density at radius 3 is 2.70 bits per heavy atom. The maximum Gasteiger partial charge on any atom is 0.238 e. The molecule has 2 heterocycles. The number of benzene rings is 2. The van der Waals surface area contributed by atoms with Gasteiger partial charge >= 0.3 is 0 Å². The predicted molar refractivity (Wildman–Crippen MR) is 114 cm³/mol. The first-order valence-corrected chi connectivity index (χ1v) is 11.7. The third-order valence-electron chi connectivity index (χ3n) is 4.49. The Hall–Kier alpha value is -2.76. The molecular formula is C19H20N4O5S2. The zero-order valence-electron chi connectivity index (χ0n) is 16.1. The molecule has 0 saturated heterocycles. The van der Waals surface area contributed by atoms with Gasteiger partial charge in [-0.1, -0.05) is 11.8 Å². The number of amides is 1. The summed E-state index contributed by atoms with van der Waals surface area (Å²) in [6, 6.07) is 9.81. The van der Waals surface area contributed by atoms with E-state index in [1.54, 1.807) is 24.3 Å². The number of aromatic nitrogens is 2. The number of imidazole rings is 1. The molecule has 30 heavy (non-hydrogen) atoms. The van der Waals surface area contributed by atoms with E-state index in [1.165, 1.54) is 23.9 Å². The molecule has 3 aromatic rings. The number of nitrogens with zero attached hydrogens (tertiary/aromatic N) is 2. The minimum Gasteiger partial charge on any atom is -0.486 e. The summed E-state index contributed by atoms with van der Waals surface area (Å²) in [6.45, 7) is 3.55. The Balaban J connectivity index is 1.48. The molecule has 0 unspecified atom stereocenters. The highest BCUT2D eigenvalue weighted by atomic mass is 32.2. The summed E-state index contributed by atoms with van der Waals surface area (Å²) in [5.41, 5.74) is 1.91. The van der Waals surface area contributed by atoms with Gasteiger partial charge < -0.3 is 19.4 Å². The van der Waals surface area contributed by atoms with Crippen LogP contribution in [-0.4, -0.2) is 42.8 Å². The number of thioether (sulfide) groups is 1. The lowest BCUT2D eigenvalue weighted by atomic mass is 10.2. The van der Waals surface area contributed by atoms with Crippen LogP contribution in [0.4, 0.5) is 5.69 Å². The molecule has 0 aliphatic carbocycles. The number of ether oxygens (including phenoxy) is 2. The van der Waals surface area contributed by atoms with Gasteiger partial charge in [0.1, 0.15) is 13.2 Å². The largest absolute Gasteiger partial charge is 0.486 e. The van der Waals surface area contributed by atoms with E-state index in [2.05, 4.69) is 10.3 Å². The second kappa shape index (κ2) is 8.17. The van der Waals surface area contributed by atoms with Gasteiger partial charge in [0.2, 0.25) is 15.9 Å². The fraction of sp³-hybridized carbons (Fsp3) is 0.263. The Labute approximate surface area is 177 Å². The van der Waals surface area contributed by atoms with Gasteiger partial charge in [-0.2, -0.15) is 0 Å². The number of primary sulfonamides is 1. The highest BCUT2D eigenvalue weighted by Crippen LogP contribution is 2.33. The maximum atomic E-state index is 12.4. The molecule has 1 aromatic heterocycles. The normalized spacial score (nSPS) is 13.4. The van der Waals surface area contributed by atoms with Gasteiger partial charge in [0, 0.05) is 18.3 Å². The highest BCUT2D eigenvalue weighted by molar-refractivity contribution is 7.99. The summed E-state index contributed by atoms with van der Waals surface area (Å²) in [5.74, 6) is 1.20. The molecule has 0 radical (unpaired) electrons. The van der Waals surface area contributed by atoms with Gasteiger partial charge in [-0.3, -0.25) is 4.79 Å². The van der Waals surface area contributed by atoms with Crippen molar-refractivity contribution in [2.75, 3.05) is 24.3 Å². The lowest BCUT2D eigenvalue weighted by Gasteiger charge is -2.19. The van der Waals surface area contributed by atoms with Crippen LogP contribution >= 0.6 is 11.8 Å². The van der Waals surface area contributed by atoms with Crippen LogP contribution in [0.5, 0.6) is 11.5 Å². The van der Waals surface area contributed by atoms with Crippen molar-refractivity contribution in [3.63, 3.8) is 0 Å². The number of rotatable bonds is 6. The van der Waals surface area contributed by atoms with Crippen LogP contribution in [0.25, 0.3) is 11.0 Å². The SMILES string of the molecule is CCn1c(SCC(=O)Nc2ccc3c(c2)OCCO3)nc2cc(S(N)(=O)=O)ccc21. The average molecular weight is 449 g/mol. The van der Waals surface area contributed by atoms with Crippen molar-refractivity contribution < 1.29 is 22.7 Å². The number of nitrogens with two attached hydrogens (primary N) is 1. The second-order valence-electron chi connectivity index (χ2n) is 6.53. The van der Waals surface area contributed by atoms with Gasteiger partial charge in [0.25, 0.3) is 0 Å². The number of carbonyl (C=O) groups excluding carboxylic acids is 1. The van der Waals surface area contributed by atoms with E-state index in [1.807, 2.05) is 11.5 Å². The number of aryl methyl sites for hydroxylation is 1. The number of sulfonamides is 1. The maximum absolute atomic E-state index is 12.4. The molecule has 0 fully saturated rings. The fourth-order valence-electron chi connectivity index (χ4n) is 3.13. The first kappa shape index (κ1) is 20.5. The van der Waals surface area contributed by atoms with Gasteiger partial charge in [-0.25, -0.2) is 18.5 Å². The number of carbonyl (C=O) groups is 1. The zero-order chi connectivity index (χ0) is 21.3. The lowest BCUT2D eigenvalue weighted by Crippen LogP contribution is -2.17. The average Bonchev–Trinajstić information content (AvgIpc) is 3.08. The van der Waals surface area contributed by atoms with Gasteiger partial charge in [-0.05, 0) is 37.3 Å². The molecule has 1 amide bonds. The molecule has 4 rings (SSSR count). The Kier molecular flexibility index (Phi) is 5.58. The molecule has 0 saturated carbocycles. The molecule has 0 bridgehead atoms. The number of fused-ring (bicyclic) bond motifs is 2. The van der Waals surface area contributed by atoms with Crippen molar-refractivity contribution >= 4 is 44.4 Å². The smallest absolute Gasteiger partial charge is 0.238 e. The van der Waals surface area contributed by atoms with Crippen LogP contribution in [0, 0.1) is 0 Å². The Bertz CT molecular complexity index is 1220. The second-order valence-corrected chi connectivity index (χ2v) is 9.03. The van der Waals surface area contributed by atoms with Crippen LogP contribution in [-0.2, 0) is 21.4 Å². The molecule has 9 nitrogen and oxygen atoms in total. The van der Waals surface area contributed by atoms with Crippen LogP contribution in [0.15, 0.2) is 46.5 Å². The van der Waals surface area contributed by atoms with E-state index < -0.39 is 10.0 Å². The Morgan fingerprint density at radius 2 is 1.97 bits per heavy atom. The molecule has 1 aliphatic rings. The van der Waals surface area contributed by atoms with Crippen LogP contribution in [0.2, 0.25) is 0 Å². The van der Waals surface area contributed by atoms with Gasteiger partial charge in [0.05, 0.1) is 21.7 Å². The summed E-state index contributed by atoms with van der Waals surface area (Å²) >= 11 is 1.27. The van der Waals surface area contributed by atoms with E-state index in [9.17, 15) is 13.2 Å². The highest BCUT2D eigenvalue weighted by Gasteiger charge is 2.16. The number of anilines is 1. The number of hydrogen-bond donors (Lipinski definition) is 2. The summed E-state index contributed by atoms with van der Waals surface area (Å²) in [7, 11) is -3.81. The van der Waals surface area contributed by atoms with E-state index in [0.717, 1.165) is 5.52 Å². The number of nitrogens with one attached hydrogen (secondary N) is 1. The number of hydrogen-bond acceptors (Lipinski definition) is 7. The van der Waals surface area contributed by atoms with E-state index in [0.29, 0.717) is 47.6 Å².